The molecule has 0 fully saturated rings. The number of fused-ring (bicyclic) bond motifs is 5. The van der Waals surface area contributed by atoms with Crippen molar-refractivity contribution >= 4 is 23.0 Å². The van der Waals surface area contributed by atoms with E-state index in [4.69, 9.17) is 19.6 Å². The number of pyridine rings is 2. The summed E-state index contributed by atoms with van der Waals surface area (Å²) in [6.07, 6.45) is 1.09. The Bertz CT molecular complexity index is 1620. The highest BCUT2D eigenvalue weighted by molar-refractivity contribution is 5.94. The first-order valence-electron chi connectivity index (χ1n) is 12.6. The fourth-order valence-corrected chi connectivity index (χ4v) is 5.84. The van der Waals surface area contributed by atoms with Gasteiger partial charge in [-0.2, -0.15) is 0 Å². The van der Waals surface area contributed by atoms with Gasteiger partial charge in [0.25, 0.3) is 5.56 Å². The molecular formula is C27H26FN3O7. The van der Waals surface area contributed by atoms with Gasteiger partial charge >= 0.3 is 12.1 Å². The van der Waals surface area contributed by atoms with Crippen LogP contribution in [0.3, 0.4) is 0 Å². The minimum absolute atomic E-state index is 0.0363. The lowest BCUT2D eigenvalue weighted by Crippen LogP contribution is -2.44. The van der Waals surface area contributed by atoms with Crippen LogP contribution in [0.5, 0.6) is 5.75 Å². The second-order valence-electron chi connectivity index (χ2n) is 9.95. The molecule has 2 aliphatic heterocycles. The molecule has 198 valence electrons. The molecule has 0 spiro atoms. The van der Waals surface area contributed by atoms with Gasteiger partial charge in [0.15, 0.2) is 17.2 Å². The smallest absolute Gasteiger partial charge is 0.415 e. The highest BCUT2D eigenvalue weighted by Gasteiger charge is 2.45. The van der Waals surface area contributed by atoms with Gasteiger partial charge in [-0.1, -0.05) is 6.92 Å². The van der Waals surface area contributed by atoms with Gasteiger partial charge in [0.1, 0.15) is 6.61 Å². The van der Waals surface area contributed by atoms with Gasteiger partial charge in [-0.3, -0.25) is 4.79 Å². The van der Waals surface area contributed by atoms with Gasteiger partial charge in [-0.25, -0.2) is 19.0 Å². The van der Waals surface area contributed by atoms with Crippen LogP contribution >= 0.6 is 0 Å². The number of halogens is 1. The number of aliphatic hydroxyl groups is 2. The molecule has 0 bridgehead atoms. The second-order valence-corrected chi connectivity index (χ2v) is 9.95. The van der Waals surface area contributed by atoms with Crippen molar-refractivity contribution in [2.75, 3.05) is 20.2 Å². The van der Waals surface area contributed by atoms with Crippen LogP contribution in [0, 0.1) is 5.82 Å². The topological polar surface area (TPSA) is 131 Å². The van der Waals surface area contributed by atoms with Crippen LogP contribution in [-0.2, 0) is 41.1 Å². The zero-order valence-electron chi connectivity index (χ0n) is 21.0. The monoisotopic (exact) mass is 523 g/mol. The standard InChI is InChI=1S/C27H26FN3O7/c1-3-27(36)17-9-20-22-15(11-31(20)24(33)16(17)12-37-25(27)34)13-5-4-6-14-21(13)19(29-22)10-18(28)23(14)38-26(35)30(2)7-8-32/h9-10,32,36H,3-8,11-12H2,1-2H3/t27-/m0/s1. The zero-order valence-corrected chi connectivity index (χ0v) is 21.0. The fourth-order valence-electron chi connectivity index (χ4n) is 5.84. The summed E-state index contributed by atoms with van der Waals surface area (Å²) >= 11 is 0. The summed E-state index contributed by atoms with van der Waals surface area (Å²) in [6, 6.07) is 2.85. The molecule has 6 rings (SSSR count). The summed E-state index contributed by atoms with van der Waals surface area (Å²) < 4.78 is 27.5. The maximum atomic E-state index is 15.3. The van der Waals surface area contributed by atoms with Crippen molar-refractivity contribution < 1.29 is 33.7 Å². The lowest BCUT2D eigenvalue weighted by atomic mass is 9.85. The van der Waals surface area contributed by atoms with Crippen LogP contribution in [0.2, 0.25) is 0 Å². The van der Waals surface area contributed by atoms with Gasteiger partial charge in [0.2, 0.25) is 0 Å². The summed E-state index contributed by atoms with van der Waals surface area (Å²) in [5, 5.41) is 20.9. The predicted molar refractivity (Wildman–Crippen MR) is 132 cm³/mol. The van der Waals surface area contributed by atoms with Crippen molar-refractivity contribution in [3.8, 4) is 17.1 Å². The van der Waals surface area contributed by atoms with Crippen molar-refractivity contribution in [2.24, 2.45) is 0 Å². The summed E-state index contributed by atoms with van der Waals surface area (Å²) in [4.78, 5) is 44.3. The average Bonchev–Trinajstić information content (AvgIpc) is 3.28. The third-order valence-corrected chi connectivity index (χ3v) is 7.89. The van der Waals surface area contributed by atoms with E-state index in [0.29, 0.717) is 47.1 Å². The summed E-state index contributed by atoms with van der Waals surface area (Å²) in [5.41, 5.74) is 1.75. The van der Waals surface area contributed by atoms with Crippen molar-refractivity contribution in [1.82, 2.24) is 14.5 Å². The van der Waals surface area contributed by atoms with Gasteiger partial charge in [0, 0.05) is 41.7 Å². The summed E-state index contributed by atoms with van der Waals surface area (Å²) in [5.74, 6) is -1.68. The number of hydrogen-bond donors (Lipinski definition) is 2. The number of aliphatic hydroxyl groups excluding tert-OH is 1. The molecule has 3 aromatic rings. The number of amides is 1. The van der Waals surface area contributed by atoms with Gasteiger partial charge < -0.3 is 29.2 Å². The van der Waals surface area contributed by atoms with E-state index >= 15 is 4.39 Å². The molecule has 0 unspecified atom stereocenters. The van der Waals surface area contributed by atoms with E-state index < -0.39 is 23.5 Å². The number of carbonyl (C=O) groups excluding carboxylic acids is 2. The molecule has 0 saturated heterocycles. The van der Waals surface area contributed by atoms with Crippen molar-refractivity contribution in [3.63, 3.8) is 0 Å². The molecule has 0 radical (unpaired) electrons. The van der Waals surface area contributed by atoms with Gasteiger partial charge in [-0.15, -0.1) is 0 Å². The normalized spacial score (nSPS) is 19.0. The molecule has 1 aromatic carbocycles. The molecule has 0 saturated carbocycles. The van der Waals surface area contributed by atoms with E-state index in [0.717, 1.165) is 16.0 Å². The number of ether oxygens (including phenoxy) is 2. The molecule has 1 atom stereocenters. The average molecular weight is 524 g/mol. The summed E-state index contributed by atoms with van der Waals surface area (Å²) in [6.45, 7) is 1.45. The number of benzene rings is 1. The molecule has 2 aromatic heterocycles. The number of cyclic esters (lactones) is 1. The van der Waals surface area contributed by atoms with Crippen molar-refractivity contribution in [1.29, 1.82) is 0 Å². The molecule has 1 amide bonds. The SMILES string of the molecule is CC[C@@]1(O)C(=O)OCc2c1cc1n(c2=O)Cc2c-1nc1cc(F)c(OC(=O)N(C)CCO)c3c1c2CCC3. The molecule has 2 N–H and O–H groups in total. The van der Waals surface area contributed by atoms with E-state index in [2.05, 4.69) is 0 Å². The fraction of sp³-hybridized carbons (Fsp3) is 0.407. The van der Waals surface area contributed by atoms with Crippen LogP contribution < -0.4 is 10.3 Å². The first-order valence-corrected chi connectivity index (χ1v) is 12.6. The Hall–Kier alpha value is -3.83. The third-order valence-electron chi connectivity index (χ3n) is 7.89. The number of aryl methyl sites for hydroxylation is 2. The Balaban J connectivity index is 1.54. The lowest BCUT2D eigenvalue weighted by molar-refractivity contribution is -0.172. The predicted octanol–water partition coefficient (Wildman–Crippen LogP) is 2.13. The Morgan fingerprint density at radius 2 is 2.00 bits per heavy atom. The maximum absolute atomic E-state index is 15.3. The van der Waals surface area contributed by atoms with E-state index in [-0.39, 0.29) is 55.2 Å². The number of nitrogens with zero attached hydrogens (tertiary/aromatic N) is 3. The quantitative estimate of drug-likeness (QED) is 0.389. The summed E-state index contributed by atoms with van der Waals surface area (Å²) in [7, 11) is 1.45. The molecule has 1 aliphatic carbocycles. The Kier molecular flexibility index (Phi) is 5.55. The third kappa shape index (κ3) is 3.31. The molecule has 4 heterocycles. The van der Waals surface area contributed by atoms with E-state index in [1.54, 1.807) is 17.6 Å². The van der Waals surface area contributed by atoms with Crippen LogP contribution in [0.25, 0.3) is 22.3 Å². The second kappa shape index (κ2) is 8.60. The number of hydrogen-bond acceptors (Lipinski definition) is 8. The highest BCUT2D eigenvalue weighted by atomic mass is 19.1. The highest BCUT2D eigenvalue weighted by Crippen LogP contribution is 2.44. The van der Waals surface area contributed by atoms with E-state index in [1.807, 2.05) is 0 Å². The number of aromatic nitrogens is 2. The first-order chi connectivity index (χ1) is 18.2. The van der Waals surface area contributed by atoms with Crippen LogP contribution in [0.15, 0.2) is 16.9 Å². The van der Waals surface area contributed by atoms with Gasteiger partial charge in [0.05, 0.1) is 35.6 Å². The van der Waals surface area contributed by atoms with Crippen LogP contribution in [0.1, 0.15) is 47.6 Å². The number of esters is 1. The Labute approximate surface area is 216 Å². The minimum atomic E-state index is -1.93. The number of rotatable bonds is 4. The minimum Gasteiger partial charge on any atom is -0.458 e. The number of carbonyl (C=O) groups is 2. The van der Waals surface area contributed by atoms with E-state index in [9.17, 15) is 19.5 Å². The lowest BCUT2D eigenvalue weighted by Gasteiger charge is -2.31. The molecule has 11 heteroatoms. The van der Waals surface area contributed by atoms with Crippen molar-refractivity contribution in [3.05, 3.63) is 56.1 Å². The molecule has 10 nitrogen and oxygen atoms in total. The van der Waals surface area contributed by atoms with E-state index in [1.165, 1.54) is 13.1 Å². The molecule has 3 aliphatic rings. The largest absolute Gasteiger partial charge is 0.458 e. The zero-order chi connectivity index (χ0) is 26.9. The van der Waals surface area contributed by atoms with Crippen LogP contribution in [0.4, 0.5) is 9.18 Å². The Morgan fingerprint density at radius 3 is 2.74 bits per heavy atom. The van der Waals surface area contributed by atoms with Crippen LogP contribution in [-0.4, -0.2) is 56.9 Å². The number of likely N-dealkylation sites (N-methyl/N-ethyl adjacent to an activating group) is 1. The maximum Gasteiger partial charge on any atom is 0.415 e. The molecular weight excluding hydrogens is 497 g/mol. The molecule has 38 heavy (non-hydrogen) atoms. The first kappa shape index (κ1) is 24.5. The van der Waals surface area contributed by atoms with Crippen molar-refractivity contribution in [2.45, 2.75) is 51.4 Å². The Morgan fingerprint density at radius 1 is 1.24 bits per heavy atom. The van der Waals surface area contributed by atoms with Gasteiger partial charge in [-0.05, 0) is 37.3 Å².